The largest absolute Gasteiger partial charge is 0.454 e. The Balaban J connectivity index is 1.91. The highest BCUT2D eigenvalue weighted by atomic mass is 79.9. The lowest BCUT2D eigenvalue weighted by atomic mass is 10.1. The average Bonchev–Trinajstić information content (AvgIpc) is 2.71. The van der Waals surface area contributed by atoms with E-state index in [0.717, 1.165) is 22.2 Å². The summed E-state index contributed by atoms with van der Waals surface area (Å²) in [5.41, 5.74) is 0.786. The lowest BCUT2D eigenvalue weighted by molar-refractivity contribution is -0.385. The molecule has 30 heavy (non-hydrogen) atoms. The molecule has 0 radical (unpaired) electrons. The molecule has 0 N–H and O–H groups in total. The van der Waals surface area contributed by atoms with E-state index in [-0.39, 0.29) is 33.4 Å². The van der Waals surface area contributed by atoms with Crippen molar-refractivity contribution in [1.29, 1.82) is 0 Å². The van der Waals surface area contributed by atoms with Gasteiger partial charge in [-0.1, -0.05) is 28.1 Å². The van der Waals surface area contributed by atoms with Crippen molar-refractivity contribution in [1.82, 2.24) is 0 Å². The Hall–Kier alpha value is -3.04. The summed E-state index contributed by atoms with van der Waals surface area (Å²) in [6.45, 7) is 0. The Morgan fingerprint density at radius 2 is 1.67 bits per heavy atom. The number of halogens is 2. The van der Waals surface area contributed by atoms with Gasteiger partial charge < -0.3 is 4.74 Å². The minimum absolute atomic E-state index is 0.00205. The number of fused-ring (bicyclic) bond motifs is 1. The molecule has 0 atom stereocenters. The number of hydrogen-bond donors (Lipinski definition) is 0. The predicted octanol–water partition coefficient (Wildman–Crippen LogP) is 5.27. The highest BCUT2D eigenvalue weighted by Crippen LogP contribution is 2.42. The monoisotopic (exact) mass is 489 g/mol. The fraction of sp³-hybridized carbons (Fsp3) is 0.0476. The first-order chi connectivity index (χ1) is 14.3. The second-order valence-corrected chi connectivity index (χ2v) is 9.41. The summed E-state index contributed by atoms with van der Waals surface area (Å²) in [7, 11) is -4.01. The lowest BCUT2D eigenvalue weighted by Crippen LogP contribution is -2.18. The summed E-state index contributed by atoms with van der Waals surface area (Å²) in [6.07, 6.45) is 0.0404. The third-order valence-electron chi connectivity index (χ3n) is 4.60. The average molecular weight is 490 g/mol. The Morgan fingerprint density at radius 1 is 1.00 bits per heavy atom. The van der Waals surface area contributed by atoms with E-state index < -0.39 is 20.6 Å². The molecule has 4 rings (SSSR count). The molecular weight excluding hydrogens is 477 g/mol. The molecule has 3 aromatic rings. The first-order valence-electron chi connectivity index (χ1n) is 8.70. The summed E-state index contributed by atoms with van der Waals surface area (Å²) >= 11 is 3.34. The van der Waals surface area contributed by atoms with E-state index >= 15 is 0 Å². The van der Waals surface area contributed by atoms with Crippen molar-refractivity contribution in [3.63, 3.8) is 0 Å². The van der Waals surface area contributed by atoms with E-state index in [4.69, 9.17) is 4.74 Å². The molecule has 1 aliphatic heterocycles. The van der Waals surface area contributed by atoms with E-state index in [0.29, 0.717) is 5.56 Å². The van der Waals surface area contributed by atoms with E-state index in [9.17, 15) is 22.9 Å². The molecule has 6 nitrogen and oxygen atoms in total. The van der Waals surface area contributed by atoms with E-state index in [2.05, 4.69) is 15.9 Å². The molecule has 0 amide bonds. The van der Waals surface area contributed by atoms with Crippen LogP contribution < -0.4 is 4.74 Å². The molecule has 0 saturated carbocycles. The van der Waals surface area contributed by atoms with Crippen LogP contribution in [-0.2, 0) is 16.3 Å². The van der Waals surface area contributed by atoms with Gasteiger partial charge in [-0.25, -0.2) is 12.8 Å². The fourth-order valence-electron chi connectivity index (χ4n) is 3.12. The molecule has 0 bridgehead atoms. The third kappa shape index (κ3) is 3.73. The van der Waals surface area contributed by atoms with E-state index in [1.165, 1.54) is 30.3 Å². The fourth-order valence-corrected chi connectivity index (χ4v) is 5.02. The van der Waals surface area contributed by atoms with Gasteiger partial charge in [0.1, 0.15) is 16.5 Å². The maximum Gasteiger partial charge on any atom is 0.273 e. The summed E-state index contributed by atoms with van der Waals surface area (Å²) in [5.74, 6) is -0.600. The van der Waals surface area contributed by atoms with Crippen LogP contribution in [0.25, 0.3) is 5.76 Å². The number of non-ortho nitro benzene ring substituents is 1. The molecule has 0 fully saturated rings. The van der Waals surface area contributed by atoms with Gasteiger partial charge in [0.2, 0.25) is 9.84 Å². The summed E-state index contributed by atoms with van der Waals surface area (Å²) in [6, 6.07) is 15.7. The van der Waals surface area contributed by atoms with Gasteiger partial charge in [0.15, 0.2) is 5.75 Å². The molecule has 1 heterocycles. The molecule has 0 aromatic heterocycles. The van der Waals surface area contributed by atoms with Crippen LogP contribution in [0.1, 0.15) is 11.1 Å². The van der Waals surface area contributed by atoms with Gasteiger partial charge in [-0.3, -0.25) is 10.1 Å². The van der Waals surface area contributed by atoms with E-state index in [1.54, 1.807) is 24.3 Å². The molecular formula is C21H13BrFNO5S. The predicted molar refractivity (Wildman–Crippen MR) is 112 cm³/mol. The molecule has 3 aromatic carbocycles. The highest BCUT2D eigenvalue weighted by Gasteiger charge is 2.35. The molecule has 152 valence electrons. The van der Waals surface area contributed by atoms with Crippen molar-refractivity contribution < 1.29 is 22.5 Å². The number of benzene rings is 3. The van der Waals surface area contributed by atoms with Gasteiger partial charge in [-0.2, -0.15) is 0 Å². The highest BCUT2D eigenvalue weighted by molar-refractivity contribution is 9.10. The molecule has 1 aliphatic rings. The van der Waals surface area contributed by atoms with Crippen molar-refractivity contribution >= 4 is 37.2 Å². The lowest BCUT2D eigenvalue weighted by Gasteiger charge is -2.24. The molecule has 0 spiro atoms. The van der Waals surface area contributed by atoms with Crippen LogP contribution in [0, 0.1) is 15.9 Å². The zero-order chi connectivity index (χ0) is 21.5. The second kappa shape index (κ2) is 7.66. The van der Waals surface area contributed by atoms with Crippen LogP contribution in [0.15, 0.2) is 81.0 Å². The molecule has 0 unspecified atom stereocenters. The summed E-state index contributed by atoms with van der Waals surface area (Å²) < 4.78 is 47.0. The summed E-state index contributed by atoms with van der Waals surface area (Å²) in [5, 5.41) is 11.1. The molecule has 9 heteroatoms. The Bertz CT molecular complexity index is 1290. The van der Waals surface area contributed by atoms with Crippen LogP contribution in [0.4, 0.5) is 10.1 Å². The van der Waals surface area contributed by atoms with Crippen molar-refractivity contribution in [2.75, 3.05) is 0 Å². The maximum atomic E-state index is 13.4. The first-order valence-corrected chi connectivity index (χ1v) is 11.0. The van der Waals surface area contributed by atoms with Gasteiger partial charge in [0, 0.05) is 22.5 Å². The van der Waals surface area contributed by atoms with Crippen LogP contribution in [-0.4, -0.2) is 13.3 Å². The van der Waals surface area contributed by atoms with Crippen molar-refractivity contribution in [2.24, 2.45) is 0 Å². The van der Waals surface area contributed by atoms with Crippen molar-refractivity contribution in [3.05, 3.63) is 103 Å². The van der Waals surface area contributed by atoms with Crippen LogP contribution in [0.2, 0.25) is 0 Å². The van der Waals surface area contributed by atoms with Gasteiger partial charge in [-0.05, 0) is 48.0 Å². The second-order valence-electron chi connectivity index (χ2n) is 6.56. The first kappa shape index (κ1) is 20.2. The van der Waals surface area contributed by atoms with Crippen molar-refractivity contribution in [3.8, 4) is 5.75 Å². The zero-order valence-corrected chi connectivity index (χ0v) is 17.6. The minimum Gasteiger partial charge on any atom is -0.454 e. The zero-order valence-electron chi connectivity index (χ0n) is 15.2. The smallest absolute Gasteiger partial charge is 0.273 e. The quantitative estimate of drug-likeness (QED) is 0.367. The number of ether oxygens (including phenoxy) is 1. The molecule has 0 aliphatic carbocycles. The third-order valence-corrected chi connectivity index (χ3v) is 7.03. The number of allylic oxidation sites excluding steroid dienone is 1. The Kier molecular flexibility index (Phi) is 5.17. The number of hydrogen-bond acceptors (Lipinski definition) is 5. The number of nitro groups is 1. The Labute approximate surface area is 179 Å². The normalized spacial score (nSPS) is 14.7. The topological polar surface area (TPSA) is 86.5 Å². The standard InChI is InChI=1S/C21H13BrFNO5S/c22-15-5-1-13(2-6-15)11-20-21(14-3-7-16(23)8-4-14)29-18-12-17(24(25)26)9-10-19(18)30(20,27)28/h1-10,12H,11H2. The van der Waals surface area contributed by atoms with Gasteiger partial charge >= 0.3 is 0 Å². The number of rotatable bonds is 4. The maximum absolute atomic E-state index is 13.4. The SMILES string of the molecule is O=[N+]([O-])c1ccc2c(c1)OC(c1ccc(F)cc1)=C(Cc1ccc(Br)cc1)S2(=O)=O. The summed E-state index contributed by atoms with van der Waals surface area (Å²) in [4.78, 5) is 10.3. The van der Waals surface area contributed by atoms with Gasteiger partial charge in [0.05, 0.1) is 15.9 Å². The van der Waals surface area contributed by atoms with E-state index in [1.807, 2.05) is 0 Å². The van der Waals surface area contributed by atoms with Crippen LogP contribution in [0.5, 0.6) is 5.75 Å². The van der Waals surface area contributed by atoms with Gasteiger partial charge in [0.25, 0.3) is 5.69 Å². The number of nitrogens with zero attached hydrogens (tertiary/aromatic N) is 1. The number of nitro benzene ring substituents is 1. The van der Waals surface area contributed by atoms with Crippen LogP contribution in [0.3, 0.4) is 0 Å². The van der Waals surface area contributed by atoms with Gasteiger partial charge in [-0.15, -0.1) is 0 Å². The Morgan fingerprint density at radius 3 is 2.30 bits per heavy atom. The number of sulfone groups is 1. The molecule has 0 saturated heterocycles. The minimum atomic E-state index is -4.01. The van der Waals surface area contributed by atoms with Crippen LogP contribution >= 0.6 is 15.9 Å². The van der Waals surface area contributed by atoms with Crippen molar-refractivity contribution in [2.45, 2.75) is 11.3 Å².